The number of hydrogen-bond donors (Lipinski definition) is 0. The van der Waals surface area contributed by atoms with Crippen LogP contribution in [-0.2, 0) is 9.47 Å². The van der Waals surface area contributed by atoms with Crippen LogP contribution in [0.15, 0.2) is 0 Å². The lowest BCUT2D eigenvalue weighted by Gasteiger charge is -2.38. The summed E-state index contributed by atoms with van der Waals surface area (Å²) in [6.45, 7) is 2.78. The van der Waals surface area contributed by atoms with Crippen LogP contribution in [0.1, 0.15) is 39.0 Å². The molecule has 3 heteroatoms. The van der Waals surface area contributed by atoms with Crippen LogP contribution >= 0.6 is 15.9 Å². The highest BCUT2D eigenvalue weighted by Crippen LogP contribution is 2.34. The summed E-state index contributed by atoms with van der Waals surface area (Å²) in [4.78, 5) is 0. The number of halogens is 1. The maximum absolute atomic E-state index is 6.10. The Balaban J connectivity index is 2.42. The van der Waals surface area contributed by atoms with Gasteiger partial charge in [0.2, 0.25) is 0 Å². The zero-order valence-corrected chi connectivity index (χ0v) is 10.8. The lowest BCUT2D eigenvalue weighted by atomic mass is 9.86. The van der Waals surface area contributed by atoms with E-state index in [4.69, 9.17) is 9.47 Å². The zero-order chi connectivity index (χ0) is 10.4. The molecule has 0 aromatic heterocycles. The average Bonchev–Trinajstić information content (AvgIpc) is 2.19. The van der Waals surface area contributed by atoms with Crippen LogP contribution in [0.25, 0.3) is 0 Å². The first-order valence-corrected chi connectivity index (χ1v) is 6.57. The highest BCUT2D eigenvalue weighted by atomic mass is 79.9. The van der Waals surface area contributed by atoms with Crippen LogP contribution < -0.4 is 0 Å². The smallest absolute Gasteiger partial charge is 0.0788 e. The molecule has 1 aliphatic carbocycles. The molecule has 0 spiro atoms. The SMILES string of the molecule is COCC(C)OC1(CBr)CCCCC1. The van der Waals surface area contributed by atoms with E-state index in [1.54, 1.807) is 7.11 Å². The van der Waals surface area contributed by atoms with Crippen molar-refractivity contribution in [3.63, 3.8) is 0 Å². The van der Waals surface area contributed by atoms with Crippen LogP contribution in [0, 0.1) is 0 Å². The number of ether oxygens (including phenoxy) is 2. The second kappa shape index (κ2) is 6.09. The Labute approximate surface area is 95.5 Å². The number of hydrogen-bond acceptors (Lipinski definition) is 2. The molecule has 0 heterocycles. The first kappa shape index (κ1) is 12.5. The van der Waals surface area contributed by atoms with Gasteiger partial charge in [-0.25, -0.2) is 0 Å². The molecular formula is C11H21BrO2. The van der Waals surface area contributed by atoms with E-state index in [1.165, 1.54) is 32.1 Å². The molecule has 0 saturated heterocycles. The third-order valence-corrected chi connectivity index (χ3v) is 3.88. The lowest BCUT2D eigenvalue weighted by molar-refractivity contribution is -0.110. The van der Waals surface area contributed by atoms with Gasteiger partial charge in [-0.3, -0.25) is 0 Å². The van der Waals surface area contributed by atoms with Gasteiger partial charge in [-0.1, -0.05) is 35.2 Å². The topological polar surface area (TPSA) is 18.5 Å². The van der Waals surface area contributed by atoms with Crippen molar-refractivity contribution in [3.05, 3.63) is 0 Å². The minimum Gasteiger partial charge on any atom is -0.382 e. The minimum atomic E-state index is 0.0796. The van der Waals surface area contributed by atoms with Crippen molar-refractivity contribution >= 4 is 15.9 Å². The van der Waals surface area contributed by atoms with Crippen LogP contribution in [0.2, 0.25) is 0 Å². The van der Waals surface area contributed by atoms with E-state index >= 15 is 0 Å². The number of rotatable bonds is 5. The normalized spacial score (nSPS) is 23.4. The monoisotopic (exact) mass is 264 g/mol. The van der Waals surface area contributed by atoms with Gasteiger partial charge in [-0.05, 0) is 19.8 Å². The van der Waals surface area contributed by atoms with Gasteiger partial charge >= 0.3 is 0 Å². The summed E-state index contributed by atoms with van der Waals surface area (Å²) in [5, 5.41) is 0.952. The molecule has 1 fully saturated rings. The molecule has 14 heavy (non-hydrogen) atoms. The Morgan fingerprint density at radius 3 is 2.43 bits per heavy atom. The fraction of sp³-hybridized carbons (Fsp3) is 1.00. The summed E-state index contributed by atoms with van der Waals surface area (Å²) >= 11 is 3.58. The van der Waals surface area contributed by atoms with Crippen molar-refractivity contribution in [2.24, 2.45) is 0 Å². The Morgan fingerprint density at radius 1 is 1.29 bits per heavy atom. The van der Waals surface area contributed by atoms with E-state index in [-0.39, 0.29) is 11.7 Å². The highest BCUT2D eigenvalue weighted by molar-refractivity contribution is 9.09. The fourth-order valence-corrected chi connectivity index (χ4v) is 2.87. The molecule has 0 aromatic rings. The molecule has 1 saturated carbocycles. The maximum Gasteiger partial charge on any atom is 0.0788 e. The molecule has 0 amide bonds. The number of methoxy groups -OCH3 is 1. The van der Waals surface area contributed by atoms with Crippen LogP contribution in [0.5, 0.6) is 0 Å². The van der Waals surface area contributed by atoms with E-state index in [0.717, 1.165) is 5.33 Å². The molecule has 0 aromatic carbocycles. The molecule has 1 atom stereocenters. The van der Waals surface area contributed by atoms with Gasteiger partial charge < -0.3 is 9.47 Å². The molecule has 0 bridgehead atoms. The molecule has 0 N–H and O–H groups in total. The molecule has 1 aliphatic rings. The Morgan fingerprint density at radius 2 is 1.93 bits per heavy atom. The molecule has 84 valence electrons. The minimum absolute atomic E-state index is 0.0796. The van der Waals surface area contributed by atoms with Crippen LogP contribution in [-0.4, -0.2) is 30.8 Å². The van der Waals surface area contributed by atoms with Crippen LogP contribution in [0.3, 0.4) is 0 Å². The van der Waals surface area contributed by atoms with Gasteiger partial charge in [-0.15, -0.1) is 0 Å². The number of alkyl halides is 1. The summed E-state index contributed by atoms with van der Waals surface area (Å²) in [5.41, 5.74) is 0.0796. The lowest BCUT2D eigenvalue weighted by Crippen LogP contribution is -2.40. The first-order valence-electron chi connectivity index (χ1n) is 5.45. The van der Waals surface area contributed by atoms with Gasteiger partial charge in [-0.2, -0.15) is 0 Å². The second-order valence-electron chi connectivity index (χ2n) is 4.26. The summed E-state index contributed by atoms with van der Waals surface area (Å²) in [5.74, 6) is 0. The molecule has 1 rings (SSSR count). The van der Waals surface area contributed by atoms with Crippen molar-refractivity contribution in [1.29, 1.82) is 0 Å². The quantitative estimate of drug-likeness (QED) is 0.711. The van der Waals surface area contributed by atoms with Gasteiger partial charge in [0.1, 0.15) is 0 Å². The van der Waals surface area contributed by atoms with E-state index < -0.39 is 0 Å². The van der Waals surface area contributed by atoms with Crippen molar-refractivity contribution < 1.29 is 9.47 Å². The second-order valence-corrected chi connectivity index (χ2v) is 4.82. The van der Waals surface area contributed by atoms with Crippen molar-refractivity contribution in [1.82, 2.24) is 0 Å². The van der Waals surface area contributed by atoms with E-state index in [1.807, 2.05) is 0 Å². The van der Waals surface area contributed by atoms with Gasteiger partial charge in [0.15, 0.2) is 0 Å². The summed E-state index contributed by atoms with van der Waals surface area (Å²) in [6, 6.07) is 0. The van der Waals surface area contributed by atoms with Crippen molar-refractivity contribution in [2.45, 2.75) is 50.7 Å². The third kappa shape index (κ3) is 3.52. The fourth-order valence-electron chi connectivity index (χ4n) is 2.17. The highest BCUT2D eigenvalue weighted by Gasteiger charge is 2.33. The van der Waals surface area contributed by atoms with Crippen molar-refractivity contribution in [3.8, 4) is 0 Å². The molecule has 0 radical (unpaired) electrons. The standard InChI is InChI=1S/C11H21BrO2/c1-10(8-13-2)14-11(9-12)6-4-3-5-7-11/h10H,3-9H2,1-2H3. The van der Waals surface area contributed by atoms with E-state index in [9.17, 15) is 0 Å². The Bertz CT molecular complexity index is 155. The summed E-state index contributed by atoms with van der Waals surface area (Å²) in [7, 11) is 1.72. The third-order valence-electron chi connectivity index (χ3n) is 2.86. The predicted molar refractivity (Wildman–Crippen MR) is 62.0 cm³/mol. The summed E-state index contributed by atoms with van der Waals surface area (Å²) in [6.07, 6.45) is 6.53. The average molecular weight is 265 g/mol. The van der Waals surface area contributed by atoms with Gasteiger partial charge in [0.25, 0.3) is 0 Å². The largest absolute Gasteiger partial charge is 0.382 e. The Kier molecular flexibility index (Phi) is 5.42. The summed E-state index contributed by atoms with van der Waals surface area (Å²) < 4.78 is 11.2. The molecule has 2 nitrogen and oxygen atoms in total. The Hall–Kier alpha value is 0.400. The van der Waals surface area contributed by atoms with E-state index in [2.05, 4.69) is 22.9 Å². The van der Waals surface area contributed by atoms with Crippen LogP contribution in [0.4, 0.5) is 0 Å². The van der Waals surface area contributed by atoms with Gasteiger partial charge in [0.05, 0.1) is 18.3 Å². The maximum atomic E-state index is 6.10. The first-order chi connectivity index (χ1) is 6.72. The predicted octanol–water partition coefficient (Wildman–Crippen LogP) is 3.14. The molecule has 1 unspecified atom stereocenters. The van der Waals surface area contributed by atoms with Crippen molar-refractivity contribution in [2.75, 3.05) is 19.0 Å². The molecular weight excluding hydrogens is 244 g/mol. The van der Waals surface area contributed by atoms with E-state index in [0.29, 0.717) is 6.61 Å². The molecule has 0 aliphatic heterocycles. The zero-order valence-electron chi connectivity index (χ0n) is 9.22. The van der Waals surface area contributed by atoms with Gasteiger partial charge in [0, 0.05) is 12.4 Å².